The largest absolute Gasteiger partial charge is 0.495 e. The van der Waals surface area contributed by atoms with Crippen LogP contribution in [0.1, 0.15) is 31.7 Å². The summed E-state index contributed by atoms with van der Waals surface area (Å²) in [5.74, 6) is 1.30. The zero-order valence-corrected chi connectivity index (χ0v) is 11.8. The molecule has 1 aromatic carbocycles. The zero-order valence-electron chi connectivity index (χ0n) is 11.8. The van der Waals surface area contributed by atoms with Gasteiger partial charge in [-0.05, 0) is 36.6 Å². The van der Waals surface area contributed by atoms with E-state index in [-0.39, 0.29) is 11.8 Å². The van der Waals surface area contributed by atoms with Crippen molar-refractivity contribution in [3.05, 3.63) is 23.8 Å². The summed E-state index contributed by atoms with van der Waals surface area (Å²) in [5, 5.41) is 6.17. The molecular formula is C15H22N2O2. The Morgan fingerprint density at radius 2 is 2.26 bits per heavy atom. The lowest BCUT2D eigenvalue weighted by molar-refractivity contribution is -0.119. The van der Waals surface area contributed by atoms with Crippen molar-refractivity contribution in [2.24, 2.45) is 5.92 Å². The Kier molecular flexibility index (Phi) is 4.43. The average Bonchev–Trinajstić information content (AvgIpc) is 2.92. The third kappa shape index (κ3) is 3.26. The molecule has 0 aromatic heterocycles. The normalized spacial score (nSPS) is 18.6. The Labute approximate surface area is 114 Å². The smallest absolute Gasteiger partial charge is 0.228 e. The molecule has 1 heterocycles. The zero-order chi connectivity index (χ0) is 13.8. The number of rotatable bonds is 4. The first-order chi connectivity index (χ1) is 9.11. The molecule has 1 aliphatic heterocycles. The van der Waals surface area contributed by atoms with E-state index in [9.17, 15) is 4.79 Å². The molecule has 1 saturated heterocycles. The molecule has 1 unspecified atom stereocenters. The van der Waals surface area contributed by atoms with Gasteiger partial charge in [0.05, 0.1) is 18.7 Å². The summed E-state index contributed by atoms with van der Waals surface area (Å²) in [7, 11) is 1.63. The summed E-state index contributed by atoms with van der Waals surface area (Å²) in [6.45, 7) is 5.95. The molecular weight excluding hydrogens is 240 g/mol. The quantitative estimate of drug-likeness (QED) is 0.876. The Balaban J connectivity index is 2.12. The molecule has 1 fully saturated rings. The van der Waals surface area contributed by atoms with Crippen molar-refractivity contribution in [1.29, 1.82) is 0 Å². The maximum absolute atomic E-state index is 12.1. The maximum Gasteiger partial charge on any atom is 0.228 e. The molecule has 1 atom stereocenters. The summed E-state index contributed by atoms with van der Waals surface area (Å²) in [5.41, 5.74) is 1.96. The highest BCUT2D eigenvalue weighted by molar-refractivity contribution is 5.94. The second-order valence-electron chi connectivity index (χ2n) is 5.29. The monoisotopic (exact) mass is 262 g/mol. The molecule has 4 heteroatoms. The van der Waals surface area contributed by atoms with Crippen LogP contribution in [-0.4, -0.2) is 26.1 Å². The highest BCUT2D eigenvalue weighted by Crippen LogP contribution is 2.29. The average molecular weight is 262 g/mol. The number of hydrogen-bond acceptors (Lipinski definition) is 3. The van der Waals surface area contributed by atoms with Crippen molar-refractivity contribution in [2.75, 3.05) is 25.5 Å². The van der Waals surface area contributed by atoms with Crippen LogP contribution in [0.2, 0.25) is 0 Å². The molecule has 1 amide bonds. The van der Waals surface area contributed by atoms with Gasteiger partial charge in [0.15, 0.2) is 0 Å². The van der Waals surface area contributed by atoms with E-state index in [0.29, 0.717) is 5.92 Å². The SMILES string of the molecule is COc1cc(C(C)C)ccc1NC(=O)C1CCNC1. The van der Waals surface area contributed by atoms with E-state index in [1.165, 1.54) is 5.56 Å². The lowest BCUT2D eigenvalue weighted by Crippen LogP contribution is -2.24. The molecule has 2 rings (SSSR count). The van der Waals surface area contributed by atoms with Crippen molar-refractivity contribution >= 4 is 11.6 Å². The lowest BCUT2D eigenvalue weighted by atomic mass is 10.0. The molecule has 0 spiro atoms. The number of anilines is 1. The molecule has 104 valence electrons. The van der Waals surface area contributed by atoms with E-state index in [2.05, 4.69) is 24.5 Å². The first-order valence-electron chi connectivity index (χ1n) is 6.81. The van der Waals surface area contributed by atoms with Crippen molar-refractivity contribution in [3.63, 3.8) is 0 Å². The number of carbonyl (C=O) groups excluding carboxylic acids is 1. The summed E-state index contributed by atoms with van der Waals surface area (Å²) in [4.78, 5) is 12.1. The molecule has 1 aromatic rings. The number of hydrogen-bond donors (Lipinski definition) is 2. The summed E-state index contributed by atoms with van der Waals surface area (Å²) < 4.78 is 5.37. The number of methoxy groups -OCH3 is 1. The van der Waals surface area contributed by atoms with Gasteiger partial charge in [0.25, 0.3) is 0 Å². The Bertz CT molecular complexity index is 451. The topological polar surface area (TPSA) is 50.4 Å². The fraction of sp³-hybridized carbons (Fsp3) is 0.533. The second-order valence-corrected chi connectivity index (χ2v) is 5.29. The van der Waals surface area contributed by atoms with Crippen molar-refractivity contribution in [2.45, 2.75) is 26.2 Å². The van der Waals surface area contributed by atoms with Gasteiger partial charge in [0.1, 0.15) is 5.75 Å². The van der Waals surface area contributed by atoms with Gasteiger partial charge in [-0.3, -0.25) is 4.79 Å². The molecule has 0 saturated carbocycles. The van der Waals surface area contributed by atoms with E-state index in [0.717, 1.165) is 30.9 Å². The van der Waals surface area contributed by atoms with Crippen LogP contribution >= 0.6 is 0 Å². The standard InChI is InChI=1S/C15H22N2O2/c1-10(2)11-4-5-13(14(8-11)19-3)17-15(18)12-6-7-16-9-12/h4-5,8,10,12,16H,6-7,9H2,1-3H3,(H,17,18). The van der Waals surface area contributed by atoms with Gasteiger partial charge in [-0.2, -0.15) is 0 Å². The number of ether oxygens (including phenoxy) is 1. The number of carbonyl (C=O) groups is 1. The van der Waals surface area contributed by atoms with Crippen molar-refractivity contribution in [1.82, 2.24) is 5.32 Å². The van der Waals surface area contributed by atoms with Crippen molar-refractivity contribution < 1.29 is 9.53 Å². The van der Waals surface area contributed by atoms with E-state index in [1.807, 2.05) is 18.2 Å². The van der Waals surface area contributed by atoms with Gasteiger partial charge >= 0.3 is 0 Å². The first kappa shape index (κ1) is 13.9. The van der Waals surface area contributed by atoms with Crippen LogP contribution < -0.4 is 15.4 Å². The summed E-state index contributed by atoms with van der Waals surface area (Å²) >= 11 is 0. The first-order valence-corrected chi connectivity index (χ1v) is 6.81. The fourth-order valence-electron chi connectivity index (χ4n) is 2.28. The van der Waals surface area contributed by atoms with Crippen LogP contribution in [0.5, 0.6) is 5.75 Å². The van der Waals surface area contributed by atoms with Crippen LogP contribution in [0.4, 0.5) is 5.69 Å². The Hall–Kier alpha value is -1.55. The minimum absolute atomic E-state index is 0.0643. The predicted molar refractivity (Wildman–Crippen MR) is 76.7 cm³/mol. The lowest BCUT2D eigenvalue weighted by Gasteiger charge is -2.15. The van der Waals surface area contributed by atoms with Gasteiger partial charge < -0.3 is 15.4 Å². The molecule has 0 bridgehead atoms. The van der Waals surface area contributed by atoms with Gasteiger partial charge in [0.2, 0.25) is 5.91 Å². The molecule has 19 heavy (non-hydrogen) atoms. The van der Waals surface area contributed by atoms with Crippen LogP contribution in [-0.2, 0) is 4.79 Å². The highest BCUT2D eigenvalue weighted by atomic mass is 16.5. The molecule has 1 aliphatic rings. The maximum atomic E-state index is 12.1. The van der Waals surface area contributed by atoms with E-state index in [1.54, 1.807) is 7.11 Å². The number of benzene rings is 1. The number of amides is 1. The minimum atomic E-state index is 0.0643. The van der Waals surface area contributed by atoms with E-state index >= 15 is 0 Å². The van der Waals surface area contributed by atoms with E-state index < -0.39 is 0 Å². The van der Waals surface area contributed by atoms with Crippen LogP contribution in [0.3, 0.4) is 0 Å². The van der Waals surface area contributed by atoms with Gasteiger partial charge in [0, 0.05) is 6.54 Å². The fourth-order valence-corrected chi connectivity index (χ4v) is 2.28. The van der Waals surface area contributed by atoms with E-state index in [4.69, 9.17) is 4.74 Å². The third-order valence-corrected chi connectivity index (χ3v) is 3.58. The second kappa shape index (κ2) is 6.06. The third-order valence-electron chi connectivity index (χ3n) is 3.58. The predicted octanol–water partition coefficient (Wildman–Crippen LogP) is 2.37. The molecule has 2 N–H and O–H groups in total. The molecule has 0 radical (unpaired) electrons. The Morgan fingerprint density at radius 1 is 1.47 bits per heavy atom. The van der Waals surface area contributed by atoms with Crippen LogP contribution in [0, 0.1) is 5.92 Å². The van der Waals surface area contributed by atoms with Crippen molar-refractivity contribution in [3.8, 4) is 5.75 Å². The minimum Gasteiger partial charge on any atom is -0.495 e. The number of nitrogens with one attached hydrogen (secondary N) is 2. The highest BCUT2D eigenvalue weighted by Gasteiger charge is 2.23. The van der Waals surface area contributed by atoms with Gasteiger partial charge in [-0.1, -0.05) is 19.9 Å². The Morgan fingerprint density at radius 3 is 2.84 bits per heavy atom. The van der Waals surface area contributed by atoms with Crippen LogP contribution in [0.15, 0.2) is 18.2 Å². The summed E-state index contributed by atoms with van der Waals surface area (Å²) in [6, 6.07) is 5.96. The molecule has 0 aliphatic carbocycles. The molecule has 4 nitrogen and oxygen atoms in total. The van der Waals surface area contributed by atoms with Gasteiger partial charge in [-0.25, -0.2) is 0 Å². The van der Waals surface area contributed by atoms with Gasteiger partial charge in [-0.15, -0.1) is 0 Å². The van der Waals surface area contributed by atoms with Crippen LogP contribution in [0.25, 0.3) is 0 Å². The summed E-state index contributed by atoms with van der Waals surface area (Å²) in [6.07, 6.45) is 0.901.